The summed E-state index contributed by atoms with van der Waals surface area (Å²) < 4.78 is 4.19. The quantitative estimate of drug-likeness (QED) is 0.733. The third-order valence-electron chi connectivity index (χ3n) is 3.94. The molecule has 0 aromatic carbocycles. The molecule has 4 nitrogen and oxygen atoms in total. The molecular weight excluding hydrogens is 284 g/mol. The molecule has 0 aliphatic carbocycles. The molecule has 116 valence electrons. The SMILES string of the molecule is CCc1cc(Cn2nc(CC)c(CCl)c2CC)n(CC)n1. The van der Waals surface area contributed by atoms with Gasteiger partial charge in [-0.1, -0.05) is 20.8 Å². The number of hydrogen-bond acceptors (Lipinski definition) is 2. The fraction of sp³-hybridized carbons (Fsp3) is 0.625. The van der Waals surface area contributed by atoms with E-state index in [9.17, 15) is 0 Å². The van der Waals surface area contributed by atoms with Crippen molar-refractivity contribution in [1.29, 1.82) is 0 Å². The number of rotatable bonds is 7. The first-order valence-electron chi connectivity index (χ1n) is 7.87. The summed E-state index contributed by atoms with van der Waals surface area (Å²) in [6.45, 7) is 10.2. The summed E-state index contributed by atoms with van der Waals surface area (Å²) in [5, 5.41) is 9.39. The van der Waals surface area contributed by atoms with E-state index in [1.807, 2.05) is 0 Å². The highest BCUT2D eigenvalue weighted by molar-refractivity contribution is 6.17. The average Bonchev–Trinajstić information content (AvgIpc) is 3.07. The number of alkyl halides is 1. The maximum absolute atomic E-state index is 6.13. The predicted molar refractivity (Wildman–Crippen MR) is 86.9 cm³/mol. The molecule has 0 N–H and O–H groups in total. The lowest BCUT2D eigenvalue weighted by Crippen LogP contribution is -2.11. The minimum atomic E-state index is 0.541. The van der Waals surface area contributed by atoms with Crippen molar-refractivity contribution >= 4 is 11.6 Å². The van der Waals surface area contributed by atoms with Gasteiger partial charge in [-0.05, 0) is 32.3 Å². The molecule has 2 rings (SSSR count). The van der Waals surface area contributed by atoms with Gasteiger partial charge in [-0.2, -0.15) is 10.2 Å². The van der Waals surface area contributed by atoms with Crippen LogP contribution < -0.4 is 0 Å². The smallest absolute Gasteiger partial charge is 0.0831 e. The van der Waals surface area contributed by atoms with Crippen molar-refractivity contribution in [2.45, 2.75) is 65.9 Å². The fourth-order valence-electron chi connectivity index (χ4n) is 2.80. The lowest BCUT2D eigenvalue weighted by molar-refractivity contribution is 0.559. The van der Waals surface area contributed by atoms with E-state index >= 15 is 0 Å². The second kappa shape index (κ2) is 7.12. The van der Waals surface area contributed by atoms with Crippen LogP contribution in [0.1, 0.15) is 56.0 Å². The van der Waals surface area contributed by atoms with Crippen molar-refractivity contribution < 1.29 is 0 Å². The van der Waals surface area contributed by atoms with Crippen LogP contribution in [0.15, 0.2) is 6.07 Å². The van der Waals surface area contributed by atoms with E-state index in [0.29, 0.717) is 5.88 Å². The van der Waals surface area contributed by atoms with Crippen molar-refractivity contribution in [3.8, 4) is 0 Å². The zero-order valence-electron chi connectivity index (χ0n) is 13.5. The molecule has 2 aromatic heterocycles. The Bertz CT molecular complexity index is 598. The molecule has 2 heterocycles. The highest BCUT2D eigenvalue weighted by Crippen LogP contribution is 2.20. The highest BCUT2D eigenvalue weighted by Gasteiger charge is 2.16. The fourth-order valence-corrected chi connectivity index (χ4v) is 3.10. The molecule has 0 saturated heterocycles. The lowest BCUT2D eigenvalue weighted by Gasteiger charge is -2.08. The number of nitrogens with zero attached hydrogens (tertiary/aromatic N) is 4. The van der Waals surface area contributed by atoms with Gasteiger partial charge in [0.2, 0.25) is 0 Å². The van der Waals surface area contributed by atoms with Crippen LogP contribution in [0.2, 0.25) is 0 Å². The van der Waals surface area contributed by atoms with E-state index < -0.39 is 0 Å². The third kappa shape index (κ3) is 3.15. The Morgan fingerprint density at radius 1 is 1.00 bits per heavy atom. The Morgan fingerprint density at radius 2 is 1.76 bits per heavy atom. The summed E-state index contributed by atoms with van der Waals surface area (Å²) in [4.78, 5) is 0. The van der Waals surface area contributed by atoms with Crippen LogP contribution in [-0.4, -0.2) is 19.6 Å². The molecular formula is C16H25ClN4. The van der Waals surface area contributed by atoms with Gasteiger partial charge in [0, 0.05) is 17.8 Å². The first-order chi connectivity index (χ1) is 10.2. The van der Waals surface area contributed by atoms with Gasteiger partial charge in [-0.15, -0.1) is 11.6 Å². The van der Waals surface area contributed by atoms with Gasteiger partial charge < -0.3 is 0 Å². The van der Waals surface area contributed by atoms with Crippen LogP contribution >= 0.6 is 11.6 Å². The number of aromatic nitrogens is 4. The molecule has 0 unspecified atom stereocenters. The minimum Gasteiger partial charge on any atom is -0.268 e. The van der Waals surface area contributed by atoms with Gasteiger partial charge in [-0.25, -0.2) is 0 Å². The summed E-state index contributed by atoms with van der Waals surface area (Å²) in [5.74, 6) is 0.541. The van der Waals surface area contributed by atoms with Gasteiger partial charge in [0.25, 0.3) is 0 Å². The summed E-state index contributed by atoms with van der Waals surface area (Å²) in [6, 6.07) is 2.19. The Labute approximate surface area is 132 Å². The molecule has 0 atom stereocenters. The monoisotopic (exact) mass is 308 g/mol. The molecule has 0 spiro atoms. The van der Waals surface area contributed by atoms with E-state index in [1.54, 1.807) is 0 Å². The van der Waals surface area contributed by atoms with Crippen molar-refractivity contribution in [3.63, 3.8) is 0 Å². The van der Waals surface area contributed by atoms with Crippen LogP contribution in [0, 0.1) is 0 Å². The van der Waals surface area contributed by atoms with E-state index in [-0.39, 0.29) is 0 Å². The Hall–Kier alpha value is -1.29. The maximum Gasteiger partial charge on any atom is 0.0831 e. The molecule has 0 radical (unpaired) electrons. The van der Waals surface area contributed by atoms with Crippen LogP contribution in [0.25, 0.3) is 0 Å². The number of hydrogen-bond donors (Lipinski definition) is 0. The van der Waals surface area contributed by atoms with Crippen LogP contribution in [0.5, 0.6) is 0 Å². The van der Waals surface area contributed by atoms with Crippen molar-refractivity contribution in [2.24, 2.45) is 0 Å². The van der Waals surface area contributed by atoms with Gasteiger partial charge in [0.05, 0.1) is 29.5 Å². The second-order valence-corrected chi connectivity index (χ2v) is 5.43. The number of halogens is 1. The van der Waals surface area contributed by atoms with Crippen molar-refractivity contribution in [3.05, 3.63) is 34.4 Å². The maximum atomic E-state index is 6.13. The molecule has 5 heteroatoms. The predicted octanol–water partition coefficient (Wildman–Crippen LogP) is 3.57. The number of aryl methyl sites for hydroxylation is 3. The van der Waals surface area contributed by atoms with Gasteiger partial charge in [0.15, 0.2) is 0 Å². The Balaban J connectivity index is 2.39. The van der Waals surface area contributed by atoms with E-state index in [1.165, 1.54) is 17.0 Å². The first kappa shape index (κ1) is 16.1. The van der Waals surface area contributed by atoms with Gasteiger partial charge >= 0.3 is 0 Å². The topological polar surface area (TPSA) is 35.6 Å². The van der Waals surface area contributed by atoms with Crippen molar-refractivity contribution in [1.82, 2.24) is 19.6 Å². The minimum absolute atomic E-state index is 0.541. The van der Waals surface area contributed by atoms with E-state index in [2.05, 4.69) is 48.2 Å². The summed E-state index contributed by atoms with van der Waals surface area (Å²) >= 11 is 6.13. The molecule has 0 amide bonds. The Kier molecular flexibility index (Phi) is 5.45. The van der Waals surface area contributed by atoms with Crippen LogP contribution in [0.3, 0.4) is 0 Å². The zero-order chi connectivity index (χ0) is 15.4. The molecule has 0 aliphatic heterocycles. The molecule has 0 aliphatic rings. The molecule has 0 saturated carbocycles. The summed E-state index contributed by atoms with van der Waals surface area (Å²) in [5.41, 5.74) is 5.95. The molecule has 0 fully saturated rings. The summed E-state index contributed by atoms with van der Waals surface area (Å²) in [7, 11) is 0. The van der Waals surface area contributed by atoms with Gasteiger partial charge in [-0.3, -0.25) is 9.36 Å². The van der Waals surface area contributed by atoms with E-state index in [4.69, 9.17) is 16.7 Å². The first-order valence-corrected chi connectivity index (χ1v) is 8.40. The molecule has 2 aromatic rings. The van der Waals surface area contributed by atoms with E-state index in [0.717, 1.165) is 43.7 Å². The average molecular weight is 309 g/mol. The van der Waals surface area contributed by atoms with Crippen LogP contribution in [-0.2, 0) is 38.2 Å². The standard InChI is InChI=1S/C16H25ClN4/c1-5-12-9-13(20(8-4)18-12)11-21-16(7-3)14(10-17)15(6-2)19-21/h9H,5-8,10-11H2,1-4H3. The van der Waals surface area contributed by atoms with Gasteiger partial charge in [0.1, 0.15) is 0 Å². The molecule has 21 heavy (non-hydrogen) atoms. The zero-order valence-corrected chi connectivity index (χ0v) is 14.2. The highest BCUT2D eigenvalue weighted by atomic mass is 35.5. The normalized spacial score (nSPS) is 11.3. The Morgan fingerprint density at radius 3 is 2.29 bits per heavy atom. The molecule has 0 bridgehead atoms. The summed E-state index contributed by atoms with van der Waals surface area (Å²) in [6.07, 6.45) is 2.85. The second-order valence-electron chi connectivity index (χ2n) is 5.17. The largest absolute Gasteiger partial charge is 0.268 e. The lowest BCUT2D eigenvalue weighted by atomic mass is 10.1. The van der Waals surface area contributed by atoms with Crippen LogP contribution in [0.4, 0.5) is 0 Å². The third-order valence-corrected chi connectivity index (χ3v) is 4.21. The van der Waals surface area contributed by atoms with Crippen molar-refractivity contribution in [2.75, 3.05) is 0 Å².